The number of benzene rings is 2. The third kappa shape index (κ3) is 14.2. The summed E-state index contributed by atoms with van der Waals surface area (Å²) in [5.41, 5.74) is 2.52. The van der Waals surface area contributed by atoms with Gasteiger partial charge < -0.3 is 0 Å². The Hall–Kier alpha value is -0.493. The van der Waals surface area contributed by atoms with Gasteiger partial charge >= 0.3 is 268 Å². The second-order valence-electron chi connectivity index (χ2n) is 12.1. The molecule has 0 unspecified atom stereocenters. The number of rotatable bonds is 21. The van der Waals surface area contributed by atoms with Gasteiger partial charge in [0, 0.05) is 0 Å². The van der Waals surface area contributed by atoms with Crippen LogP contribution in [0, 0.1) is 0 Å². The van der Waals surface area contributed by atoms with Crippen LogP contribution in [0.2, 0.25) is 26.6 Å². The second kappa shape index (κ2) is 23.9. The third-order valence-corrected chi connectivity index (χ3v) is 33.4. The molecule has 2 rings (SSSR count). The predicted octanol–water partition coefficient (Wildman–Crippen LogP) is 12.0. The number of carbonyl (C=O) groups is 1. The van der Waals surface area contributed by atoms with E-state index in [-0.39, 0.29) is 0 Å². The molecule has 231 valence electrons. The molecule has 0 saturated heterocycles. The predicted molar refractivity (Wildman–Crippen MR) is 188 cm³/mol. The molecule has 0 aliphatic rings. The second-order valence-corrected chi connectivity index (χ2v) is 33.7. The molecule has 0 fully saturated rings. The van der Waals surface area contributed by atoms with E-state index in [2.05, 4.69) is 53.7 Å². The van der Waals surface area contributed by atoms with E-state index in [1.165, 1.54) is 93.9 Å². The van der Waals surface area contributed by atoms with Crippen LogP contribution < -0.4 is 3.58 Å². The Morgan fingerprint density at radius 1 is 0.610 bits per heavy atom. The molecule has 2 nitrogen and oxygen atoms in total. The zero-order valence-electron chi connectivity index (χ0n) is 27.7. The minimum absolute atomic E-state index is 0.604. The SMILES string of the molecule is CCC[CH2][Sn]([CH2]CCC)([CH2]CCC)[c]1cccc(-c2ccccc2)c1C(=O)O.CCC[CH2][Sn]([CH2]CCC)[CH2]CCC. The number of hydrogen-bond acceptors (Lipinski definition) is 1. The van der Waals surface area contributed by atoms with E-state index in [0.717, 1.165) is 11.1 Å². The number of carboxylic acid groups (broad SMARTS) is 1. The first kappa shape index (κ1) is 38.5. The van der Waals surface area contributed by atoms with Crippen LogP contribution in [0.5, 0.6) is 0 Å². The topological polar surface area (TPSA) is 37.3 Å². The molecule has 0 saturated carbocycles. The van der Waals surface area contributed by atoms with Gasteiger partial charge in [0.25, 0.3) is 0 Å². The molecule has 41 heavy (non-hydrogen) atoms. The summed E-state index contributed by atoms with van der Waals surface area (Å²) in [7, 11) is 0. The first-order valence-electron chi connectivity index (χ1n) is 17.2. The van der Waals surface area contributed by atoms with Crippen molar-refractivity contribution in [2.24, 2.45) is 0 Å². The van der Waals surface area contributed by atoms with Gasteiger partial charge in [-0.1, -0.05) is 0 Å². The molecular formula is C37H63O2Sn2. The normalized spacial score (nSPS) is 11.4. The quantitative estimate of drug-likeness (QED) is 0.128. The first-order chi connectivity index (χ1) is 19.9. The first-order valence-corrected chi connectivity index (χ1v) is 30.7. The van der Waals surface area contributed by atoms with Crippen molar-refractivity contribution in [2.75, 3.05) is 0 Å². The summed E-state index contributed by atoms with van der Waals surface area (Å²) >= 11 is -3.67. The molecule has 4 heteroatoms. The molecule has 1 radical (unpaired) electrons. The number of unbranched alkanes of at least 4 members (excludes halogenated alkanes) is 6. The van der Waals surface area contributed by atoms with Crippen LogP contribution in [-0.2, 0) is 0 Å². The molecule has 0 amide bonds. The fourth-order valence-corrected chi connectivity index (χ4v) is 32.3. The Morgan fingerprint density at radius 3 is 1.44 bits per heavy atom. The van der Waals surface area contributed by atoms with Crippen LogP contribution in [-0.4, -0.2) is 49.2 Å². The molecule has 0 aliphatic heterocycles. The number of carboxylic acids is 1. The molecule has 0 bridgehead atoms. The van der Waals surface area contributed by atoms with Crippen LogP contribution >= 0.6 is 0 Å². The molecule has 0 aliphatic carbocycles. The summed E-state index contributed by atoms with van der Waals surface area (Å²) in [6.45, 7) is 13.8. The van der Waals surface area contributed by atoms with Crippen LogP contribution in [0.4, 0.5) is 0 Å². The standard InChI is InChI=1S/C13H9O2.6C4H9.2Sn/c14-13(15)12-9-5-4-8-11(12)10-6-2-1-3-7-10;6*1-3-4-2;;/h1-8H,(H,14,15);6*1,3-4H2,2H3;;. The average molecular weight is 777 g/mol. The molecule has 0 heterocycles. The van der Waals surface area contributed by atoms with Crippen LogP contribution in [0.1, 0.15) is 129 Å². The van der Waals surface area contributed by atoms with Gasteiger partial charge in [0.2, 0.25) is 0 Å². The third-order valence-electron chi connectivity index (χ3n) is 8.61. The Balaban J connectivity index is 0.000000545. The van der Waals surface area contributed by atoms with Crippen LogP contribution in [0.15, 0.2) is 48.5 Å². The summed E-state index contributed by atoms with van der Waals surface area (Å²) in [4.78, 5) is 12.5. The fraction of sp³-hybridized carbons (Fsp3) is 0.649. The Labute approximate surface area is 266 Å². The van der Waals surface area contributed by atoms with E-state index in [1.807, 2.05) is 36.4 Å². The van der Waals surface area contributed by atoms with Crippen molar-refractivity contribution in [3.63, 3.8) is 0 Å². The van der Waals surface area contributed by atoms with E-state index in [1.54, 1.807) is 13.3 Å². The minimum atomic E-state index is -2.83. The Kier molecular flexibility index (Phi) is 22.5. The van der Waals surface area contributed by atoms with Gasteiger partial charge in [-0.2, -0.15) is 0 Å². The van der Waals surface area contributed by atoms with Crippen molar-refractivity contribution in [3.05, 3.63) is 54.1 Å². The van der Waals surface area contributed by atoms with E-state index in [9.17, 15) is 9.90 Å². The van der Waals surface area contributed by atoms with Crippen molar-refractivity contribution >= 4 is 47.7 Å². The molecule has 0 atom stereocenters. The van der Waals surface area contributed by atoms with Crippen molar-refractivity contribution in [2.45, 2.75) is 145 Å². The summed E-state index contributed by atoms with van der Waals surface area (Å²) in [6.07, 6.45) is 16.1. The molecular weight excluding hydrogens is 714 g/mol. The van der Waals surface area contributed by atoms with Crippen molar-refractivity contribution in [3.8, 4) is 11.1 Å². The van der Waals surface area contributed by atoms with Crippen molar-refractivity contribution in [1.82, 2.24) is 0 Å². The molecule has 2 aromatic rings. The number of aromatic carboxylic acids is 1. The van der Waals surface area contributed by atoms with E-state index < -0.39 is 44.1 Å². The molecule has 1 N–H and O–H groups in total. The monoisotopic (exact) mass is 779 g/mol. The van der Waals surface area contributed by atoms with Crippen LogP contribution in [0.3, 0.4) is 0 Å². The van der Waals surface area contributed by atoms with Crippen molar-refractivity contribution < 1.29 is 9.90 Å². The van der Waals surface area contributed by atoms with Gasteiger partial charge in [-0.05, 0) is 0 Å². The molecule has 0 spiro atoms. The van der Waals surface area contributed by atoms with Gasteiger partial charge in [-0.3, -0.25) is 0 Å². The van der Waals surface area contributed by atoms with Gasteiger partial charge in [0.05, 0.1) is 0 Å². The molecule has 0 aromatic heterocycles. The maximum atomic E-state index is 12.5. The van der Waals surface area contributed by atoms with Crippen LogP contribution in [0.25, 0.3) is 11.1 Å². The summed E-state index contributed by atoms with van der Waals surface area (Å²) in [6, 6.07) is 16.3. The Morgan fingerprint density at radius 2 is 1.05 bits per heavy atom. The molecule has 2 aromatic carbocycles. The number of hydrogen-bond donors (Lipinski definition) is 1. The van der Waals surface area contributed by atoms with Crippen molar-refractivity contribution in [1.29, 1.82) is 0 Å². The van der Waals surface area contributed by atoms with E-state index in [0.29, 0.717) is 5.56 Å². The zero-order valence-corrected chi connectivity index (χ0v) is 33.4. The Bertz CT molecular complexity index is 887. The summed E-state index contributed by atoms with van der Waals surface area (Å²) < 4.78 is 10.1. The van der Waals surface area contributed by atoms with Gasteiger partial charge in [0.1, 0.15) is 0 Å². The van der Waals surface area contributed by atoms with Gasteiger partial charge in [0.15, 0.2) is 0 Å². The zero-order chi connectivity index (χ0) is 30.3. The van der Waals surface area contributed by atoms with E-state index in [4.69, 9.17) is 0 Å². The maximum absolute atomic E-state index is 12.5. The summed E-state index contributed by atoms with van der Waals surface area (Å²) in [5, 5.41) is 10.3. The fourth-order valence-electron chi connectivity index (χ4n) is 6.06. The van der Waals surface area contributed by atoms with Gasteiger partial charge in [-0.15, -0.1) is 0 Å². The summed E-state index contributed by atoms with van der Waals surface area (Å²) in [5.74, 6) is -0.750. The average Bonchev–Trinajstić information content (AvgIpc) is 3.01. The van der Waals surface area contributed by atoms with Gasteiger partial charge in [-0.25, -0.2) is 0 Å². The van der Waals surface area contributed by atoms with E-state index >= 15 is 0 Å².